The standard InChI is InChI=1S/C26H33NO5/c1-3-4-5-6-16-24(30)27-17-10-14-21-18-23(29)19(2)11-7-8-12-20-13-9-15-22(28)25(20)26(31)32-21/h7-10,13,15,17,19,21,23,28-29H,3-5,11-12,14,18H2,1-2H3,(H,27,30)/t19-,21?,23+/m0/s1. The van der Waals surface area contributed by atoms with Gasteiger partial charge in [0.25, 0.3) is 5.91 Å². The van der Waals surface area contributed by atoms with Crippen LogP contribution in [0.3, 0.4) is 0 Å². The van der Waals surface area contributed by atoms with Gasteiger partial charge in [-0.1, -0.05) is 56.5 Å². The van der Waals surface area contributed by atoms with Crippen LogP contribution in [0.25, 0.3) is 0 Å². The first kappa shape index (κ1) is 25.2. The molecule has 0 saturated carbocycles. The van der Waals surface area contributed by atoms with E-state index < -0.39 is 24.1 Å². The average Bonchev–Trinajstić information content (AvgIpc) is 2.76. The fourth-order valence-corrected chi connectivity index (χ4v) is 3.37. The van der Waals surface area contributed by atoms with Gasteiger partial charge in [0.15, 0.2) is 0 Å². The lowest BCUT2D eigenvalue weighted by molar-refractivity contribution is -0.114. The number of fused-ring (bicyclic) bond motifs is 1. The highest BCUT2D eigenvalue weighted by Gasteiger charge is 2.25. The van der Waals surface area contributed by atoms with Crippen molar-refractivity contribution in [1.29, 1.82) is 0 Å². The predicted molar refractivity (Wildman–Crippen MR) is 124 cm³/mol. The molecule has 1 heterocycles. The molecule has 172 valence electrons. The number of amides is 1. The van der Waals surface area contributed by atoms with E-state index in [2.05, 4.69) is 24.1 Å². The Morgan fingerprint density at radius 3 is 2.94 bits per heavy atom. The molecule has 2 rings (SSSR count). The Bertz CT molecular complexity index is 893. The molecule has 1 amide bonds. The van der Waals surface area contributed by atoms with E-state index in [1.807, 2.05) is 19.1 Å². The minimum Gasteiger partial charge on any atom is -0.507 e. The summed E-state index contributed by atoms with van der Waals surface area (Å²) in [6, 6.07) is 4.94. The fourth-order valence-electron chi connectivity index (χ4n) is 3.37. The van der Waals surface area contributed by atoms with Gasteiger partial charge >= 0.3 is 5.97 Å². The number of cyclic esters (lactones) is 1. The zero-order valence-corrected chi connectivity index (χ0v) is 18.8. The maximum absolute atomic E-state index is 12.9. The van der Waals surface area contributed by atoms with Gasteiger partial charge in [-0.25, -0.2) is 4.79 Å². The number of carbonyl (C=O) groups excluding carboxylic acids is 2. The molecule has 1 aliphatic rings. The Labute approximate surface area is 190 Å². The fraction of sp³-hybridized carbons (Fsp3) is 0.462. The number of phenolic OH excluding ortho intramolecular Hbond substituents is 1. The van der Waals surface area contributed by atoms with E-state index in [-0.39, 0.29) is 23.7 Å². The molecule has 0 aromatic heterocycles. The van der Waals surface area contributed by atoms with Crippen molar-refractivity contribution in [3.05, 3.63) is 53.8 Å². The smallest absolute Gasteiger partial charge is 0.342 e. The molecule has 1 aromatic rings. The number of aliphatic hydroxyl groups excluding tert-OH is 1. The minimum atomic E-state index is -0.659. The average molecular weight is 440 g/mol. The topological polar surface area (TPSA) is 95.9 Å². The Balaban J connectivity index is 2.10. The number of unbranched alkanes of at least 4 members (excludes halogenated alkanes) is 2. The number of aromatic hydroxyl groups is 1. The van der Waals surface area contributed by atoms with E-state index in [0.717, 1.165) is 12.8 Å². The zero-order valence-electron chi connectivity index (χ0n) is 18.8. The quantitative estimate of drug-likeness (QED) is 0.279. The predicted octanol–water partition coefficient (Wildman–Crippen LogP) is 4.02. The molecule has 6 nitrogen and oxygen atoms in total. The highest BCUT2D eigenvalue weighted by Crippen LogP contribution is 2.26. The molecule has 3 atom stereocenters. The van der Waals surface area contributed by atoms with Crippen molar-refractivity contribution in [1.82, 2.24) is 5.32 Å². The van der Waals surface area contributed by atoms with Crippen molar-refractivity contribution >= 4 is 11.9 Å². The molecule has 0 saturated heterocycles. The van der Waals surface area contributed by atoms with E-state index in [4.69, 9.17) is 4.74 Å². The van der Waals surface area contributed by atoms with Gasteiger partial charge in [-0.15, -0.1) is 0 Å². The van der Waals surface area contributed by atoms with Crippen molar-refractivity contribution in [2.75, 3.05) is 0 Å². The summed E-state index contributed by atoms with van der Waals surface area (Å²) in [5.41, 5.74) is 0.827. The summed E-state index contributed by atoms with van der Waals surface area (Å²) < 4.78 is 5.67. The number of phenols is 1. The van der Waals surface area contributed by atoms with Crippen molar-refractivity contribution in [2.24, 2.45) is 5.92 Å². The highest BCUT2D eigenvalue weighted by molar-refractivity contribution is 5.94. The second-order valence-corrected chi connectivity index (χ2v) is 8.05. The van der Waals surface area contributed by atoms with Crippen LogP contribution in [0.5, 0.6) is 5.75 Å². The molecule has 6 heteroatoms. The summed E-state index contributed by atoms with van der Waals surface area (Å²) in [6.45, 7) is 4.01. The van der Waals surface area contributed by atoms with Gasteiger partial charge in [0.05, 0.1) is 6.10 Å². The molecule has 1 unspecified atom stereocenters. The Morgan fingerprint density at radius 1 is 1.34 bits per heavy atom. The first-order valence-electron chi connectivity index (χ1n) is 11.2. The van der Waals surface area contributed by atoms with Gasteiger partial charge < -0.3 is 20.3 Å². The summed E-state index contributed by atoms with van der Waals surface area (Å²) in [7, 11) is 0. The van der Waals surface area contributed by atoms with Gasteiger partial charge in [0.1, 0.15) is 17.4 Å². The van der Waals surface area contributed by atoms with Crippen LogP contribution in [-0.4, -0.2) is 34.3 Å². The molecule has 0 fully saturated rings. The second-order valence-electron chi connectivity index (χ2n) is 8.05. The van der Waals surface area contributed by atoms with Crippen LogP contribution in [0.2, 0.25) is 0 Å². The van der Waals surface area contributed by atoms with Crippen molar-refractivity contribution < 1.29 is 24.5 Å². The van der Waals surface area contributed by atoms with Crippen LogP contribution < -0.4 is 5.32 Å². The molecule has 0 spiro atoms. The monoisotopic (exact) mass is 439 g/mol. The molecule has 0 radical (unpaired) electrons. The van der Waals surface area contributed by atoms with Crippen LogP contribution in [0.15, 0.2) is 42.6 Å². The van der Waals surface area contributed by atoms with Crippen LogP contribution in [0.4, 0.5) is 0 Å². The number of esters is 1. The van der Waals surface area contributed by atoms with E-state index >= 15 is 0 Å². The Morgan fingerprint density at radius 2 is 2.16 bits per heavy atom. The number of benzene rings is 1. The van der Waals surface area contributed by atoms with Crippen LogP contribution >= 0.6 is 0 Å². The van der Waals surface area contributed by atoms with E-state index in [1.165, 1.54) is 12.3 Å². The molecular formula is C26H33NO5. The summed E-state index contributed by atoms with van der Waals surface area (Å²) in [4.78, 5) is 24.6. The number of ether oxygens (including phenoxy) is 1. The number of allylic oxidation sites excluding steroid dienone is 2. The molecule has 3 N–H and O–H groups in total. The van der Waals surface area contributed by atoms with Crippen LogP contribution in [-0.2, 0) is 16.0 Å². The lowest BCUT2D eigenvalue weighted by atomic mass is 9.93. The van der Waals surface area contributed by atoms with E-state index in [1.54, 1.807) is 18.2 Å². The maximum Gasteiger partial charge on any atom is 0.342 e. The summed E-state index contributed by atoms with van der Waals surface area (Å²) in [5.74, 6) is 4.19. The number of hydrogen-bond donors (Lipinski definition) is 3. The second kappa shape index (κ2) is 13.4. The van der Waals surface area contributed by atoms with Crippen LogP contribution in [0.1, 0.15) is 68.3 Å². The minimum absolute atomic E-state index is 0.00222. The van der Waals surface area contributed by atoms with E-state index in [9.17, 15) is 19.8 Å². The zero-order chi connectivity index (χ0) is 23.3. The Hall–Kier alpha value is -3.04. The Kier molecular flexibility index (Phi) is 10.6. The number of rotatable bonds is 5. The lowest BCUT2D eigenvalue weighted by Gasteiger charge is -2.24. The highest BCUT2D eigenvalue weighted by atomic mass is 16.5. The van der Waals surface area contributed by atoms with Crippen LogP contribution in [0, 0.1) is 17.8 Å². The van der Waals surface area contributed by atoms with Gasteiger partial charge in [0, 0.05) is 25.5 Å². The van der Waals surface area contributed by atoms with Gasteiger partial charge in [-0.3, -0.25) is 4.79 Å². The van der Waals surface area contributed by atoms with E-state index in [0.29, 0.717) is 31.2 Å². The lowest BCUT2D eigenvalue weighted by Crippen LogP contribution is -2.28. The maximum atomic E-state index is 12.9. The molecular weight excluding hydrogens is 406 g/mol. The van der Waals surface area contributed by atoms with Gasteiger partial charge in [-0.2, -0.15) is 0 Å². The van der Waals surface area contributed by atoms with Gasteiger partial charge in [-0.05, 0) is 42.7 Å². The third-order valence-corrected chi connectivity index (χ3v) is 5.37. The largest absolute Gasteiger partial charge is 0.507 e. The first-order valence-corrected chi connectivity index (χ1v) is 11.2. The molecule has 0 aliphatic carbocycles. The number of nitrogens with one attached hydrogen (secondary N) is 1. The number of aliphatic hydroxyl groups is 1. The molecule has 1 aliphatic heterocycles. The summed E-state index contributed by atoms with van der Waals surface area (Å²) >= 11 is 0. The molecule has 1 aromatic carbocycles. The first-order chi connectivity index (χ1) is 15.4. The number of hydrogen-bond acceptors (Lipinski definition) is 5. The molecule has 32 heavy (non-hydrogen) atoms. The third kappa shape index (κ3) is 8.24. The SMILES string of the molecule is CCCCC#CC(=O)NC=CCC1C[C@@H](O)[C@@H](C)CC=CCc2cccc(O)c2C(=O)O1. The van der Waals surface area contributed by atoms with Crippen molar-refractivity contribution in [3.8, 4) is 17.6 Å². The normalized spacial score (nSPS) is 21.5. The van der Waals surface area contributed by atoms with Crippen molar-refractivity contribution in [2.45, 2.75) is 71.0 Å². The summed E-state index contributed by atoms with van der Waals surface area (Å²) in [5, 5.41) is 23.4. The summed E-state index contributed by atoms with van der Waals surface area (Å²) in [6.07, 6.45) is 10.2. The van der Waals surface area contributed by atoms with Gasteiger partial charge in [0.2, 0.25) is 0 Å². The van der Waals surface area contributed by atoms with Crippen molar-refractivity contribution in [3.63, 3.8) is 0 Å². The number of carbonyl (C=O) groups is 2. The molecule has 0 bridgehead atoms. The third-order valence-electron chi connectivity index (χ3n) is 5.37.